The molecule has 4 rings (SSSR count). The van der Waals surface area contributed by atoms with E-state index in [0.29, 0.717) is 43.1 Å². The lowest BCUT2D eigenvalue weighted by Crippen LogP contribution is -2.44. The molecule has 0 saturated carbocycles. The molecule has 0 aromatic heterocycles. The van der Waals surface area contributed by atoms with E-state index < -0.39 is 15.8 Å². The molecule has 0 N–H and O–H groups in total. The first-order valence-corrected chi connectivity index (χ1v) is 12.5. The van der Waals surface area contributed by atoms with E-state index in [1.807, 2.05) is 63.2 Å². The van der Waals surface area contributed by atoms with Crippen molar-refractivity contribution in [3.05, 3.63) is 54.6 Å². The Bertz CT molecular complexity index is 1070. The molecule has 1 atom stereocenters. The van der Waals surface area contributed by atoms with Crippen LogP contribution in [0.2, 0.25) is 0 Å². The van der Waals surface area contributed by atoms with Gasteiger partial charge in [0.05, 0.1) is 17.1 Å². The number of amides is 1. The van der Waals surface area contributed by atoms with Crippen LogP contribution in [-0.2, 0) is 14.9 Å². The summed E-state index contributed by atoms with van der Waals surface area (Å²) in [4.78, 5) is 14.2. The molecule has 32 heavy (non-hydrogen) atoms. The summed E-state index contributed by atoms with van der Waals surface area (Å²) in [5, 5.41) is 0. The van der Waals surface area contributed by atoms with Gasteiger partial charge in [-0.3, -0.25) is 4.31 Å². The number of hydrogen-bond acceptors (Lipinski definition) is 4. The highest BCUT2D eigenvalue weighted by Crippen LogP contribution is 2.45. The molecule has 8 heteroatoms. The lowest BCUT2D eigenvalue weighted by Gasteiger charge is -2.34. The van der Waals surface area contributed by atoms with Gasteiger partial charge in [-0.2, -0.15) is 8.42 Å². The van der Waals surface area contributed by atoms with E-state index in [0.717, 1.165) is 12.8 Å². The first-order valence-electron chi connectivity index (χ1n) is 11.1. The van der Waals surface area contributed by atoms with Gasteiger partial charge in [-0.05, 0) is 70.2 Å². The SMILES string of the molecule is CC(C)(C)OC(=O)N1CCC[C@@H](CCN2c3ccccc3N(c3ccccc3)S2(=O)=O)C1. The van der Waals surface area contributed by atoms with E-state index in [1.54, 1.807) is 17.0 Å². The Kier molecular flexibility index (Phi) is 6.07. The number of benzene rings is 2. The Morgan fingerprint density at radius 2 is 1.69 bits per heavy atom. The van der Waals surface area contributed by atoms with Gasteiger partial charge in [0.2, 0.25) is 0 Å². The molecule has 7 nitrogen and oxygen atoms in total. The average molecular weight is 458 g/mol. The van der Waals surface area contributed by atoms with Gasteiger partial charge in [0.1, 0.15) is 5.60 Å². The summed E-state index contributed by atoms with van der Waals surface area (Å²) in [7, 11) is -3.73. The van der Waals surface area contributed by atoms with Crippen molar-refractivity contribution in [3.8, 4) is 0 Å². The molecule has 172 valence electrons. The molecule has 0 unspecified atom stereocenters. The lowest BCUT2D eigenvalue weighted by molar-refractivity contribution is 0.0163. The lowest BCUT2D eigenvalue weighted by atomic mass is 9.95. The fourth-order valence-corrected chi connectivity index (χ4v) is 6.09. The standard InChI is InChI=1S/C24H31N3O4S/c1-24(2,3)31-23(28)25-16-9-10-19(18-25)15-17-26-21-13-7-8-14-22(21)27(32(26,29)30)20-11-5-4-6-12-20/h4-8,11-14,19H,9-10,15-18H2,1-3H3/t19-/m0/s1. The van der Waals surface area contributed by atoms with Crippen LogP contribution in [-0.4, -0.2) is 44.6 Å². The van der Waals surface area contributed by atoms with E-state index in [-0.39, 0.29) is 12.0 Å². The van der Waals surface area contributed by atoms with Crippen LogP contribution in [0, 0.1) is 5.92 Å². The zero-order chi connectivity index (χ0) is 22.9. The molecular formula is C24H31N3O4S. The minimum absolute atomic E-state index is 0.226. The number of fused-ring (bicyclic) bond motifs is 1. The van der Waals surface area contributed by atoms with Crippen molar-refractivity contribution in [3.63, 3.8) is 0 Å². The van der Waals surface area contributed by atoms with E-state index in [9.17, 15) is 13.2 Å². The fourth-order valence-electron chi connectivity index (χ4n) is 4.36. The predicted molar refractivity (Wildman–Crippen MR) is 126 cm³/mol. The van der Waals surface area contributed by atoms with Crippen LogP contribution in [0.15, 0.2) is 54.6 Å². The van der Waals surface area contributed by atoms with Gasteiger partial charge in [0.15, 0.2) is 0 Å². The first-order chi connectivity index (χ1) is 15.2. The smallest absolute Gasteiger partial charge is 0.410 e. The molecule has 1 fully saturated rings. The second kappa shape index (κ2) is 8.65. The molecule has 0 spiro atoms. The maximum Gasteiger partial charge on any atom is 0.410 e. The molecule has 2 aromatic rings. The number of carbonyl (C=O) groups is 1. The summed E-state index contributed by atoms with van der Waals surface area (Å²) in [6.07, 6.45) is 2.24. The number of piperidine rings is 1. The van der Waals surface area contributed by atoms with Gasteiger partial charge < -0.3 is 9.64 Å². The van der Waals surface area contributed by atoms with Gasteiger partial charge in [-0.15, -0.1) is 0 Å². The summed E-state index contributed by atoms with van der Waals surface area (Å²) < 4.78 is 35.5. The monoisotopic (exact) mass is 457 g/mol. The number of anilines is 3. The van der Waals surface area contributed by atoms with Gasteiger partial charge in [-0.1, -0.05) is 30.3 Å². The third kappa shape index (κ3) is 4.55. The largest absolute Gasteiger partial charge is 0.444 e. The van der Waals surface area contributed by atoms with Crippen LogP contribution in [0.4, 0.5) is 21.9 Å². The summed E-state index contributed by atoms with van der Waals surface area (Å²) in [5.74, 6) is 0.226. The Hall–Kier alpha value is -2.74. The Balaban J connectivity index is 1.49. The maximum atomic E-state index is 13.5. The molecule has 2 heterocycles. The minimum atomic E-state index is -3.73. The topological polar surface area (TPSA) is 70.2 Å². The van der Waals surface area contributed by atoms with Crippen LogP contribution in [0.25, 0.3) is 0 Å². The molecule has 2 aliphatic rings. The van der Waals surface area contributed by atoms with Crippen LogP contribution in [0.1, 0.15) is 40.0 Å². The van der Waals surface area contributed by atoms with Gasteiger partial charge in [0.25, 0.3) is 0 Å². The van der Waals surface area contributed by atoms with Gasteiger partial charge in [0, 0.05) is 19.6 Å². The first kappa shape index (κ1) is 22.5. The second-order valence-corrected chi connectivity index (χ2v) is 11.1. The molecule has 0 bridgehead atoms. The van der Waals surface area contributed by atoms with Crippen molar-refractivity contribution in [2.75, 3.05) is 28.2 Å². The van der Waals surface area contributed by atoms with Crippen molar-refractivity contribution in [1.82, 2.24) is 4.90 Å². The molecule has 1 amide bonds. The van der Waals surface area contributed by atoms with Crippen molar-refractivity contribution in [1.29, 1.82) is 0 Å². The summed E-state index contributed by atoms with van der Waals surface area (Å²) in [6, 6.07) is 16.6. The average Bonchev–Trinajstić information content (AvgIpc) is 2.97. The Labute approximate surface area is 190 Å². The molecule has 1 saturated heterocycles. The highest BCUT2D eigenvalue weighted by molar-refractivity contribution is 7.95. The third-order valence-electron chi connectivity index (χ3n) is 5.78. The van der Waals surface area contributed by atoms with Crippen molar-refractivity contribution in [2.24, 2.45) is 5.92 Å². The predicted octanol–water partition coefficient (Wildman–Crippen LogP) is 4.93. The number of ether oxygens (including phenoxy) is 1. The summed E-state index contributed by atoms with van der Waals surface area (Å²) >= 11 is 0. The zero-order valence-electron chi connectivity index (χ0n) is 18.9. The van der Waals surface area contributed by atoms with Gasteiger partial charge in [-0.25, -0.2) is 9.10 Å². The van der Waals surface area contributed by atoms with Gasteiger partial charge >= 0.3 is 16.3 Å². The number of nitrogens with zero attached hydrogens (tertiary/aromatic N) is 3. The van der Waals surface area contributed by atoms with Crippen LogP contribution < -0.4 is 8.61 Å². The fraction of sp³-hybridized carbons (Fsp3) is 0.458. The minimum Gasteiger partial charge on any atom is -0.444 e. The maximum absolute atomic E-state index is 13.5. The molecular weight excluding hydrogens is 426 g/mol. The van der Waals surface area contributed by atoms with Crippen LogP contribution in [0.5, 0.6) is 0 Å². The van der Waals surface area contributed by atoms with Crippen molar-refractivity contribution in [2.45, 2.75) is 45.6 Å². The molecule has 0 radical (unpaired) electrons. The highest BCUT2D eigenvalue weighted by Gasteiger charge is 2.41. The second-order valence-electron chi connectivity index (χ2n) is 9.39. The van der Waals surface area contributed by atoms with Crippen molar-refractivity contribution >= 4 is 33.4 Å². The van der Waals surface area contributed by atoms with Crippen molar-refractivity contribution < 1.29 is 17.9 Å². The molecule has 0 aliphatic carbocycles. The summed E-state index contributed by atoms with van der Waals surface area (Å²) in [6.45, 7) is 7.22. The molecule has 2 aromatic carbocycles. The van der Waals surface area contributed by atoms with E-state index in [2.05, 4.69) is 0 Å². The van der Waals surface area contributed by atoms with Crippen LogP contribution >= 0.6 is 0 Å². The Morgan fingerprint density at radius 1 is 1.03 bits per heavy atom. The number of carbonyl (C=O) groups excluding carboxylic acids is 1. The number of rotatable bonds is 4. The third-order valence-corrected chi connectivity index (χ3v) is 7.59. The van der Waals surface area contributed by atoms with E-state index in [4.69, 9.17) is 4.74 Å². The van der Waals surface area contributed by atoms with Crippen LogP contribution in [0.3, 0.4) is 0 Å². The number of para-hydroxylation sites is 3. The number of hydrogen-bond donors (Lipinski definition) is 0. The Morgan fingerprint density at radius 3 is 2.38 bits per heavy atom. The zero-order valence-corrected chi connectivity index (χ0v) is 19.7. The number of likely N-dealkylation sites (tertiary alicyclic amines) is 1. The normalized spacial score (nSPS) is 20.2. The highest BCUT2D eigenvalue weighted by atomic mass is 32.2. The summed E-state index contributed by atoms with van der Waals surface area (Å²) in [5.41, 5.74) is 1.45. The molecule has 2 aliphatic heterocycles. The van der Waals surface area contributed by atoms with E-state index in [1.165, 1.54) is 8.61 Å². The quantitative estimate of drug-likeness (QED) is 0.653. The van der Waals surface area contributed by atoms with E-state index >= 15 is 0 Å².